The van der Waals surface area contributed by atoms with E-state index in [-0.39, 0.29) is 0 Å². The van der Waals surface area contributed by atoms with Crippen molar-refractivity contribution in [3.05, 3.63) is 55.1 Å². The summed E-state index contributed by atoms with van der Waals surface area (Å²) in [6, 6.07) is 13.6. The van der Waals surface area contributed by atoms with Crippen LogP contribution in [-0.2, 0) is 9.53 Å². The molecule has 2 rings (SSSR count). The van der Waals surface area contributed by atoms with E-state index in [4.69, 9.17) is 4.74 Å². The highest BCUT2D eigenvalue weighted by Gasteiger charge is 2.16. The highest BCUT2D eigenvalue weighted by Crippen LogP contribution is 2.21. The summed E-state index contributed by atoms with van der Waals surface area (Å²) in [5.74, 6) is 0.155. The standard InChI is InChI=1S/C15H14O3/c1-3-14(15(16)17-2)18-13-9-8-11-6-4-5-7-12(11)10-13/h3-10,14H,1H2,2H3. The van der Waals surface area contributed by atoms with E-state index in [1.54, 1.807) is 0 Å². The molecule has 0 aliphatic rings. The van der Waals surface area contributed by atoms with Gasteiger partial charge < -0.3 is 9.47 Å². The Hall–Kier alpha value is -2.29. The van der Waals surface area contributed by atoms with Crippen molar-refractivity contribution in [3.63, 3.8) is 0 Å². The van der Waals surface area contributed by atoms with Gasteiger partial charge in [0, 0.05) is 0 Å². The summed E-state index contributed by atoms with van der Waals surface area (Å²) in [4.78, 5) is 11.4. The van der Waals surface area contributed by atoms with Crippen LogP contribution in [0.25, 0.3) is 10.8 Å². The average molecular weight is 242 g/mol. The van der Waals surface area contributed by atoms with Crippen LogP contribution in [-0.4, -0.2) is 19.2 Å². The number of esters is 1. The van der Waals surface area contributed by atoms with Gasteiger partial charge in [-0.1, -0.05) is 36.9 Å². The Labute approximate surface area is 106 Å². The topological polar surface area (TPSA) is 35.5 Å². The number of carbonyl (C=O) groups is 1. The van der Waals surface area contributed by atoms with Crippen molar-refractivity contribution in [2.24, 2.45) is 0 Å². The summed E-state index contributed by atoms with van der Waals surface area (Å²) in [6.07, 6.45) is 0.636. The van der Waals surface area contributed by atoms with Gasteiger partial charge in [-0.15, -0.1) is 0 Å². The SMILES string of the molecule is C=CC(Oc1ccc2ccccc2c1)C(=O)OC. The molecule has 92 valence electrons. The smallest absolute Gasteiger partial charge is 0.351 e. The Balaban J connectivity index is 2.26. The Kier molecular flexibility index (Phi) is 3.63. The lowest BCUT2D eigenvalue weighted by Gasteiger charge is -2.13. The normalized spacial score (nSPS) is 11.8. The summed E-state index contributed by atoms with van der Waals surface area (Å²) < 4.78 is 10.2. The first kappa shape index (κ1) is 12.2. The highest BCUT2D eigenvalue weighted by atomic mass is 16.6. The minimum absolute atomic E-state index is 0.460. The van der Waals surface area contributed by atoms with Gasteiger partial charge >= 0.3 is 5.97 Å². The molecule has 0 spiro atoms. The molecule has 3 nitrogen and oxygen atoms in total. The monoisotopic (exact) mass is 242 g/mol. The Morgan fingerprint density at radius 1 is 1.22 bits per heavy atom. The van der Waals surface area contributed by atoms with Gasteiger partial charge in [-0.3, -0.25) is 0 Å². The predicted octanol–water partition coefficient (Wildman–Crippen LogP) is 2.95. The van der Waals surface area contributed by atoms with Crippen LogP contribution < -0.4 is 4.74 Å². The zero-order valence-corrected chi connectivity index (χ0v) is 10.1. The molecular formula is C15H14O3. The lowest BCUT2D eigenvalue weighted by Crippen LogP contribution is -2.26. The van der Waals surface area contributed by atoms with Crippen LogP contribution in [0.2, 0.25) is 0 Å². The molecule has 1 atom stereocenters. The van der Waals surface area contributed by atoms with E-state index in [1.165, 1.54) is 13.2 Å². The first-order valence-electron chi connectivity index (χ1n) is 5.60. The molecule has 0 saturated heterocycles. The fourth-order valence-corrected chi connectivity index (χ4v) is 1.70. The highest BCUT2D eigenvalue weighted by molar-refractivity contribution is 5.84. The first-order valence-corrected chi connectivity index (χ1v) is 5.60. The molecule has 0 heterocycles. The first-order chi connectivity index (χ1) is 8.74. The van der Waals surface area contributed by atoms with Crippen LogP contribution >= 0.6 is 0 Å². The number of methoxy groups -OCH3 is 1. The molecule has 0 fully saturated rings. The lowest BCUT2D eigenvalue weighted by atomic mass is 10.1. The third kappa shape index (κ3) is 2.51. The van der Waals surface area contributed by atoms with E-state index in [1.807, 2.05) is 42.5 Å². The summed E-state index contributed by atoms with van der Waals surface area (Å²) >= 11 is 0. The summed E-state index contributed by atoms with van der Waals surface area (Å²) in [5, 5.41) is 2.18. The molecule has 0 N–H and O–H groups in total. The molecule has 0 bridgehead atoms. The number of rotatable bonds is 4. The van der Waals surface area contributed by atoms with Gasteiger partial charge in [0.05, 0.1) is 7.11 Å². The van der Waals surface area contributed by atoms with Gasteiger partial charge in [-0.25, -0.2) is 4.79 Å². The molecule has 0 amide bonds. The van der Waals surface area contributed by atoms with E-state index >= 15 is 0 Å². The van der Waals surface area contributed by atoms with Gasteiger partial charge in [0.15, 0.2) is 0 Å². The molecule has 3 heteroatoms. The van der Waals surface area contributed by atoms with Gasteiger partial charge in [0.1, 0.15) is 5.75 Å². The van der Waals surface area contributed by atoms with Crippen molar-refractivity contribution in [1.29, 1.82) is 0 Å². The molecular weight excluding hydrogens is 228 g/mol. The second kappa shape index (κ2) is 5.36. The van der Waals surface area contributed by atoms with Crippen LogP contribution in [0.3, 0.4) is 0 Å². The van der Waals surface area contributed by atoms with Crippen molar-refractivity contribution in [1.82, 2.24) is 0 Å². The molecule has 0 radical (unpaired) electrons. The quantitative estimate of drug-likeness (QED) is 0.610. The van der Waals surface area contributed by atoms with E-state index in [0.29, 0.717) is 5.75 Å². The van der Waals surface area contributed by atoms with E-state index < -0.39 is 12.1 Å². The second-order valence-corrected chi connectivity index (χ2v) is 3.81. The van der Waals surface area contributed by atoms with Gasteiger partial charge in [-0.2, -0.15) is 0 Å². The van der Waals surface area contributed by atoms with Gasteiger partial charge in [0.2, 0.25) is 6.10 Å². The summed E-state index contributed by atoms with van der Waals surface area (Å²) in [7, 11) is 1.32. The van der Waals surface area contributed by atoms with E-state index in [9.17, 15) is 4.79 Å². The number of benzene rings is 2. The number of fused-ring (bicyclic) bond motifs is 1. The van der Waals surface area contributed by atoms with Gasteiger partial charge in [0.25, 0.3) is 0 Å². The molecule has 0 aliphatic carbocycles. The zero-order valence-electron chi connectivity index (χ0n) is 10.1. The molecule has 1 unspecified atom stereocenters. The van der Waals surface area contributed by atoms with Gasteiger partial charge in [-0.05, 0) is 29.0 Å². The number of hydrogen-bond donors (Lipinski definition) is 0. The fourth-order valence-electron chi connectivity index (χ4n) is 1.70. The van der Waals surface area contributed by atoms with Crippen LogP contribution in [0.5, 0.6) is 5.75 Å². The van der Waals surface area contributed by atoms with Crippen LogP contribution in [0.15, 0.2) is 55.1 Å². The maximum atomic E-state index is 11.4. The molecule has 0 aromatic heterocycles. The van der Waals surface area contributed by atoms with Crippen molar-refractivity contribution >= 4 is 16.7 Å². The molecule has 18 heavy (non-hydrogen) atoms. The second-order valence-electron chi connectivity index (χ2n) is 3.81. The van der Waals surface area contributed by atoms with Crippen molar-refractivity contribution in [2.45, 2.75) is 6.10 Å². The van der Waals surface area contributed by atoms with Crippen LogP contribution in [0.1, 0.15) is 0 Å². The van der Waals surface area contributed by atoms with Crippen molar-refractivity contribution in [2.75, 3.05) is 7.11 Å². The summed E-state index contributed by atoms with van der Waals surface area (Å²) in [5.41, 5.74) is 0. The van der Waals surface area contributed by atoms with E-state index in [0.717, 1.165) is 10.8 Å². The van der Waals surface area contributed by atoms with Crippen molar-refractivity contribution in [3.8, 4) is 5.75 Å². The Morgan fingerprint density at radius 3 is 2.61 bits per heavy atom. The van der Waals surface area contributed by atoms with Crippen molar-refractivity contribution < 1.29 is 14.3 Å². The maximum Gasteiger partial charge on any atom is 0.351 e. The Morgan fingerprint density at radius 2 is 1.94 bits per heavy atom. The molecule has 0 saturated carbocycles. The summed E-state index contributed by atoms with van der Waals surface area (Å²) in [6.45, 7) is 3.56. The minimum atomic E-state index is -0.781. The molecule has 2 aromatic carbocycles. The maximum absolute atomic E-state index is 11.4. The largest absolute Gasteiger partial charge is 0.475 e. The lowest BCUT2D eigenvalue weighted by molar-refractivity contribution is -0.146. The van der Waals surface area contributed by atoms with Crippen LogP contribution in [0.4, 0.5) is 0 Å². The Bertz CT molecular complexity index is 575. The van der Waals surface area contributed by atoms with E-state index in [2.05, 4.69) is 11.3 Å². The number of ether oxygens (including phenoxy) is 2. The number of carbonyl (C=O) groups excluding carboxylic acids is 1. The fraction of sp³-hybridized carbons (Fsp3) is 0.133. The third-order valence-corrected chi connectivity index (χ3v) is 2.63. The number of hydrogen-bond acceptors (Lipinski definition) is 3. The average Bonchev–Trinajstić information content (AvgIpc) is 2.43. The minimum Gasteiger partial charge on any atom is -0.475 e. The zero-order chi connectivity index (χ0) is 13.0. The predicted molar refractivity (Wildman–Crippen MR) is 70.6 cm³/mol. The van der Waals surface area contributed by atoms with Crippen LogP contribution in [0, 0.1) is 0 Å². The molecule has 2 aromatic rings. The third-order valence-electron chi connectivity index (χ3n) is 2.63. The molecule has 0 aliphatic heterocycles.